The van der Waals surface area contributed by atoms with Gasteiger partial charge in [-0.1, -0.05) is 0 Å². The molecule has 1 N–H and O–H groups in total. The number of Topliss-reactive ketones (excluding diaryl/α,β-unsaturated/α-hetero) is 1. The summed E-state index contributed by atoms with van der Waals surface area (Å²) in [5.41, 5.74) is 0.567. The lowest BCUT2D eigenvalue weighted by Gasteiger charge is -1.99. The molecular formula is C12H11BrN2O4. The Balaban J connectivity index is 2.61. The highest BCUT2D eigenvalue weighted by Gasteiger charge is 2.20. The summed E-state index contributed by atoms with van der Waals surface area (Å²) in [7, 11) is 1.51. The fraction of sp³-hybridized carbons (Fsp3) is 0.250. The molecule has 0 aliphatic carbocycles. The second-order valence-electron chi connectivity index (χ2n) is 3.85. The molecule has 7 heteroatoms. The lowest BCUT2D eigenvalue weighted by molar-refractivity contribution is 0.0934. The number of carbonyl (C=O) groups excluding carboxylic acids is 1. The molecule has 0 aliphatic heterocycles. The van der Waals surface area contributed by atoms with Gasteiger partial charge in [-0.05, 0) is 22.0 Å². The van der Waals surface area contributed by atoms with Crippen LogP contribution in [0.1, 0.15) is 16.8 Å². The van der Waals surface area contributed by atoms with E-state index in [4.69, 9.17) is 9.84 Å². The minimum atomic E-state index is -1.18. The van der Waals surface area contributed by atoms with Crippen molar-refractivity contribution in [1.29, 1.82) is 0 Å². The second-order valence-corrected chi connectivity index (χ2v) is 4.71. The molecule has 0 radical (unpaired) electrons. The SMILES string of the molecule is COCCC(=O)c1cn(C(=O)O)c2nccc(Br)c12. The van der Waals surface area contributed by atoms with Crippen molar-refractivity contribution in [3.8, 4) is 0 Å². The normalized spacial score (nSPS) is 10.8. The second kappa shape index (κ2) is 5.50. The molecule has 0 amide bonds. The van der Waals surface area contributed by atoms with Crippen molar-refractivity contribution >= 4 is 38.8 Å². The summed E-state index contributed by atoms with van der Waals surface area (Å²) in [5, 5.41) is 9.62. The van der Waals surface area contributed by atoms with Crippen molar-refractivity contribution in [2.75, 3.05) is 13.7 Å². The Kier molecular flexibility index (Phi) is 3.96. The maximum absolute atomic E-state index is 12.1. The molecule has 0 bridgehead atoms. The zero-order valence-electron chi connectivity index (χ0n) is 10.1. The van der Waals surface area contributed by atoms with E-state index in [1.807, 2.05) is 0 Å². The molecule has 2 aromatic heterocycles. The number of halogens is 1. The molecule has 19 heavy (non-hydrogen) atoms. The molecule has 0 aliphatic rings. The average Bonchev–Trinajstić information content (AvgIpc) is 2.77. The fourth-order valence-corrected chi connectivity index (χ4v) is 2.31. The van der Waals surface area contributed by atoms with Crippen LogP contribution < -0.4 is 0 Å². The van der Waals surface area contributed by atoms with Gasteiger partial charge in [0.1, 0.15) is 0 Å². The zero-order chi connectivity index (χ0) is 14.0. The number of fused-ring (bicyclic) bond motifs is 1. The monoisotopic (exact) mass is 326 g/mol. The van der Waals surface area contributed by atoms with Gasteiger partial charge in [0.05, 0.1) is 6.61 Å². The smallest absolute Gasteiger partial charge is 0.417 e. The summed E-state index contributed by atoms with van der Waals surface area (Å²) in [6.07, 6.45) is 1.79. The number of ketones is 1. The molecule has 0 saturated heterocycles. The number of aromatic nitrogens is 2. The third-order valence-electron chi connectivity index (χ3n) is 2.68. The summed E-state index contributed by atoms with van der Waals surface area (Å²) in [4.78, 5) is 27.2. The van der Waals surface area contributed by atoms with Crippen LogP contribution in [-0.4, -0.2) is 40.3 Å². The summed E-state index contributed by atoms with van der Waals surface area (Å²) in [6.45, 7) is 0.288. The van der Waals surface area contributed by atoms with Crippen LogP contribution in [0.5, 0.6) is 0 Å². The summed E-state index contributed by atoms with van der Waals surface area (Å²) < 4.78 is 6.44. The minimum absolute atomic E-state index is 0.180. The molecular weight excluding hydrogens is 316 g/mol. The van der Waals surface area contributed by atoms with Crippen LogP contribution in [0.25, 0.3) is 11.0 Å². The van der Waals surface area contributed by atoms with Crippen LogP contribution in [-0.2, 0) is 4.74 Å². The van der Waals surface area contributed by atoms with Gasteiger partial charge in [-0.15, -0.1) is 0 Å². The third kappa shape index (κ3) is 2.52. The van der Waals surface area contributed by atoms with E-state index in [1.165, 1.54) is 19.5 Å². The maximum Gasteiger partial charge on any atom is 0.417 e. The van der Waals surface area contributed by atoms with Gasteiger partial charge in [0.2, 0.25) is 0 Å². The van der Waals surface area contributed by atoms with Crippen molar-refractivity contribution < 1.29 is 19.4 Å². The number of rotatable bonds is 4. The molecule has 2 rings (SSSR count). The van der Waals surface area contributed by atoms with E-state index in [1.54, 1.807) is 6.07 Å². The van der Waals surface area contributed by atoms with E-state index >= 15 is 0 Å². The first-order valence-corrected chi connectivity index (χ1v) is 6.26. The van der Waals surface area contributed by atoms with E-state index in [9.17, 15) is 9.59 Å². The molecule has 100 valence electrons. The van der Waals surface area contributed by atoms with Crippen molar-refractivity contribution in [3.63, 3.8) is 0 Å². The van der Waals surface area contributed by atoms with Crippen LogP contribution in [0.15, 0.2) is 22.9 Å². The van der Waals surface area contributed by atoms with Crippen molar-refractivity contribution in [2.45, 2.75) is 6.42 Å². The van der Waals surface area contributed by atoms with E-state index in [2.05, 4.69) is 20.9 Å². The number of nitrogens with zero attached hydrogens (tertiary/aromatic N) is 2. The predicted octanol–water partition coefficient (Wildman–Crippen LogP) is 2.54. The summed E-state index contributed by atoms with van der Waals surface area (Å²) in [5.74, 6) is -0.180. The van der Waals surface area contributed by atoms with Gasteiger partial charge in [-0.25, -0.2) is 14.3 Å². The Morgan fingerprint density at radius 2 is 2.26 bits per heavy atom. The molecule has 0 spiro atoms. The van der Waals surface area contributed by atoms with Gasteiger partial charge in [-0.3, -0.25) is 4.79 Å². The third-order valence-corrected chi connectivity index (χ3v) is 3.34. The van der Waals surface area contributed by atoms with Gasteiger partial charge in [0.25, 0.3) is 0 Å². The lowest BCUT2D eigenvalue weighted by Crippen LogP contribution is -2.07. The van der Waals surface area contributed by atoms with Crippen LogP contribution in [0.3, 0.4) is 0 Å². The lowest BCUT2D eigenvalue weighted by atomic mass is 10.1. The van der Waals surface area contributed by atoms with Crippen LogP contribution >= 0.6 is 15.9 Å². The topological polar surface area (TPSA) is 81.4 Å². The van der Waals surface area contributed by atoms with E-state index in [-0.39, 0.29) is 24.5 Å². The zero-order valence-corrected chi connectivity index (χ0v) is 11.7. The molecule has 0 fully saturated rings. The Hall–Kier alpha value is -1.73. The quantitative estimate of drug-likeness (QED) is 0.873. The number of hydrogen-bond acceptors (Lipinski definition) is 4. The van der Waals surface area contributed by atoms with Gasteiger partial charge in [-0.2, -0.15) is 0 Å². The first kappa shape index (κ1) is 13.7. The Morgan fingerprint density at radius 3 is 2.89 bits per heavy atom. The number of hydrogen-bond donors (Lipinski definition) is 1. The Labute approximate surface area is 117 Å². The van der Waals surface area contributed by atoms with Gasteiger partial charge in [0, 0.05) is 41.3 Å². The van der Waals surface area contributed by atoms with Crippen LogP contribution in [0.4, 0.5) is 4.79 Å². The molecule has 0 saturated carbocycles. The van der Waals surface area contributed by atoms with Crippen molar-refractivity contribution in [2.24, 2.45) is 0 Å². The molecule has 0 aromatic carbocycles. The molecule has 6 nitrogen and oxygen atoms in total. The van der Waals surface area contributed by atoms with E-state index in [0.29, 0.717) is 15.4 Å². The fourth-order valence-electron chi connectivity index (χ4n) is 1.80. The standard InChI is InChI=1S/C12H11BrN2O4/c1-19-5-3-9(16)7-6-15(12(17)18)11-10(7)8(13)2-4-14-11/h2,4,6H,3,5H2,1H3,(H,17,18). The highest BCUT2D eigenvalue weighted by Crippen LogP contribution is 2.28. The Bertz CT molecular complexity index is 650. The molecule has 0 unspecified atom stereocenters. The number of ether oxygens (including phenoxy) is 1. The number of methoxy groups -OCH3 is 1. The largest absolute Gasteiger partial charge is 0.464 e. The van der Waals surface area contributed by atoms with Gasteiger partial charge < -0.3 is 9.84 Å². The molecule has 0 atom stereocenters. The molecule has 2 aromatic rings. The first-order chi connectivity index (χ1) is 9.06. The van der Waals surface area contributed by atoms with Crippen LogP contribution in [0, 0.1) is 0 Å². The number of carbonyl (C=O) groups is 2. The highest BCUT2D eigenvalue weighted by atomic mass is 79.9. The van der Waals surface area contributed by atoms with Gasteiger partial charge in [0.15, 0.2) is 11.4 Å². The van der Waals surface area contributed by atoms with Crippen LogP contribution in [0.2, 0.25) is 0 Å². The summed E-state index contributed by atoms with van der Waals surface area (Å²) >= 11 is 3.32. The average molecular weight is 327 g/mol. The highest BCUT2D eigenvalue weighted by molar-refractivity contribution is 9.10. The van der Waals surface area contributed by atoms with Crippen molar-refractivity contribution in [1.82, 2.24) is 9.55 Å². The summed E-state index contributed by atoms with van der Waals surface area (Å²) in [6, 6.07) is 1.67. The first-order valence-electron chi connectivity index (χ1n) is 5.47. The number of carboxylic acid groups (broad SMARTS) is 1. The number of pyridine rings is 1. The molecule has 2 heterocycles. The Morgan fingerprint density at radius 1 is 1.53 bits per heavy atom. The van der Waals surface area contributed by atoms with E-state index < -0.39 is 6.09 Å². The predicted molar refractivity (Wildman–Crippen MR) is 71.7 cm³/mol. The van der Waals surface area contributed by atoms with Crippen molar-refractivity contribution in [3.05, 3.63) is 28.5 Å². The van der Waals surface area contributed by atoms with Gasteiger partial charge >= 0.3 is 6.09 Å². The van der Waals surface area contributed by atoms with E-state index in [0.717, 1.165) is 4.57 Å². The maximum atomic E-state index is 12.1. The minimum Gasteiger partial charge on any atom is -0.464 e.